The van der Waals surface area contributed by atoms with Gasteiger partial charge in [-0.25, -0.2) is 4.98 Å². The van der Waals surface area contributed by atoms with Gasteiger partial charge in [0.15, 0.2) is 0 Å². The van der Waals surface area contributed by atoms with Crippen molar-refractivity contribution in [3.05, 3.63) is 58.2 Å². The molecule has 0 fully saturated rings. The molecule has 0 spiro atoms. The maximum absolute atomic E-state index is 6.18. The van der Waals surface area contributed by atoms with Crippen LogP contribution in [0.5, 0.6) is 0 Å². The van der Waals surface area contributed by atoms with Crippen molar-refractivity contribution in [2.45, 2.75) is 13.3 Å². The molecule has 0 unspecified atom stereocenters. The molecule has 1 aromatic carbocycles. The number of pyridine rings is 1. The Morgan fingerprint density at radius 3 is 2.74 bits per heavy atom. The average molecular weight is 294 g/mol. The highest BCUT2D eigenvalue weighted by molar-refractivity contribution is 6.37. The molecule has 0 aliphatic carbocycles. The summed E-state index contributed by atoms with van der Waals surface area (Å²) in [6.07, 6.45) is 2.46. The summed E-state index contributed by atoms with van der Waals surface area (Å²) in [5, 5.41) is 5.56. The highest BCUT2D eigenvalue weighted by Crippen LogP contribution is 2.22. The normalized spacial score (nSPS) is 11.4. The number of rotatable bonds is 4. The van der Waals surface area contributed by atoms with E-state index >= 15 is 0 Å². The maximum Gasteiger partial charge on any atom is 0.146 e. The van der Waals surface area contributed by atoms with Crippen LogP contribution in [0.1, 0.15) is 18.9 Å². The van der Waals surface area contributed by atoms with E-state index in [0.717, 1.165) is 17.7 Å². The molecule has 2 aromatic rings. The molecule has 3 nitrogen and oxygen atoms in total. The molecule has 5 heteroatoms. The van der Waals surface area contributed by atoms with Gasteiger partial charge in [0.05, 0.1) is 10.7 Å². The summed E-state index contributed by atoms with van der Waals surface area (Å²) in [6.45, 7) is 2.02. The third-order valence-electron chi connectivity index (χ3n) is 2.55. The van der Waals surface area contributed by atoms with E-state index in [1.807, 2.05) is 31.2 Å². The smallest absolute Gasteiger partial charge is 0.146 e. The summed E-state index contributed by atoms with van der Waals surface area (Å²) >= 11 is 12.1. The van der Waals surface area contributed by atoms with Crippen molar-refractivity contribution in [2.24, 2.45) is 5.10 Å². The predicted molar refractivity (Wildman–Crippen MR) is 81.1 cm³/mol. The fourth-order valence-corrected chi connectivity index (χ4v) is 2.12. The first-order valence-electron chi connectivity index (χ1n) is 5.89. The predicted octanol–water partition coefficient (Wildman–Crippen LogP) is 4.61. The first-order valence-corrected chi connectivity index (χ1v) is 6.65. The van der Waals surface area contributed by atoms with Gasteiger partial charge in [0.1, 0.15) is 5.82 Å². The molecule has 0 atom stereocenters. The number of anilines is 1. The van der Waals surface area contributed by atoms with Crippen molar-refractivity contribution in [1.82, 2.24) is 4.98 Å². The van der Waals surface area contributed by atoms with Gasteiger partial charge in [0.2, 0.25) is 0 Å². The van der Waals surface area contributed by atoms with E-state index in [1.54, 1.807) is 18.3 Å². The van der Waals surface area contributed by atoms with Gasteiger partial charge in [0.25, 0.3) is 0 Å². The topological polar surface area (TPSA) is 37.3 Å². The lowest BCUT2D eigenvalue weighted by Gasteiger charge is -2.07. The van der Waals surface area contributed by atoms with Crippen LogP contribution in [0.3, 0.4) is 0 Å². The zero-order valence-corrected chi connectivity index (χ0v) is 11.9. The molecule has 0 aliphatic rings. The Labute approximate surface area is 122 Å². The molecule has 0 aliphatic heterocycles. The van der Waals surface area contributed by atoms with E-state index < -0.39 is 0 Å². The van der Waals surface area contributed by atoms with Gasteiger partial charge < -0.3 is 0 Å². The molecule has 98 valence electrons. The lowest BCUT2D eigenvalue weighted by Crippen LogP contribution is -2.04. The van der Waals surface area contributed by atoms with Crippen LogP contribution in [0, 0.1) is 0 Å². The molecule has 1 heterocycles. The minimum atomic E-state index is 0.593. The molecular weight excluding hydrogens is 281 g/mol. The number of halogens is 2. The molecule has 0 amide bonds. The fourth-order valence-electron chi connectivity index (χ4n) is 1.61. The van der Waals surface area contributed by atoms with Crippen molar-refractivity contribution >= 4 is 34.7 Å². The number of hydrogen-bond acceptors (Lipinski definition) is 3. The molecule has 19 heavy (non-hydrogen) atoms. The second-order valence-corrected chi connectivity index (χ2v) is 4.71. The van der Waals surface area contributed by atoms with Gasteiger partial charge in [-0.2, -0.15) is 5.10 Å². The number of hydrazone groups is 1. The molecule has 0 bridgehead atoms. The molecule has 1 aromatic heterocycles. The molecule has 0 saturated heterocycles. The summed E-state index contributed by atoms with van der Waals surface area (Å²) in [4.78, 5) is 4.14. The monoisotopic (exact) mass is 293 g/mol. The number of nitrogens with zero attached hydrogens (tertiary/aromatic N) is 2. The van der Waals surface area contributed by atoms with Crippen molar-refractivity contribution in [1.29, 1.82) is 0 Å². The van der Waals surface area contributed by atoms with E-state index in [0.29, 0.717) is 15.9 Å². The van der Waals surface area contributed by atoms with E-state index in [4.69, 9.17) is 23.2 Å². The molecule has 2 rings (SSSR count). The third kappa shape index (κ3) is 3.69. The van der Waals surface area contributed by atoms with Crippen LogP contribution >= 0.6 is 23.2 Å². The second-order valence-electron chi connectivity index (χ2n) is 3.86. The van der Waals surface area contributed by atoms with Crippen LogP contribution in [0.15, 0.2) is 47.7 Å². The second kappa shape index (κ2) is 6.55. The Bertz CT molecular complexity index is 582. The average Bonchev–Trinajstić information content (AvgIpc) is 2.42. The third-order valence-corrected chi connectivity index (χ3v) is 3.10. The number of hydrogen-bond donors (Lipinski definition) is 1. The maximum atomic E-state index is 6.18. The Morgan fingerprint density at radius 2 is 2.11 bits per heavy atom. The van der Waals surface area contributed by atoms with E-state index in [-0.39, 0.29) is 0 Å². The van der Waals surface area contributed by atoms with Gasteiger partial charge >= 0.3 is 0 Å². The van der Waals surface area contributed by atoms with Crippen LogP contribution in [0.4, 0.5) is 5.82 Å². The lowest BCUT2D eigenvalue weighted by atomic mass is 10.1. The van der Waals surface area contributed by atoms with Crippen molar-refractivity contribution < 1.29 is 0 Å². The molecule has 1 N–H and O–H groups in total. The summed E-state index contributed by atoms with van der Waals surface area (Å²) in [5.41, 5.74) is 4.65. The van der Waals surface area contributed by atoms with Gasteiger partial charge in [-0.05, 0) is 30.7 Å². The van der Waals surface area contributed by atoms with E-state index in [9.17, 15) is 0 Å². The SMILES string of the molecule is CC/C(=N/Nc1ccccn1)c1ccc(Cl)cc1Cl. The van der Waals surface area contributed by atoms with E-state index in [2.05, 4.69) is 15.5 Å². The lowest BCUT2D eigenvalue weighted by molar-refractivity contribution is 1.18. The largest absolute Gasteiger partial charge is 0.261 e. The summed E-state index contributed by atoms with van der Waals surface area (Å²) in [7, 11) is 0. The van der Waals surface area contributed by atoms with Crippen molar-refractivity contribution in [3.63, 3.8) is 0 Å². The Hall–Kier alpha value is -1.58. The fraction of sp³-hybridized carbons (Fsp3) is 0.143. The number of benzene rings is 1. The summed E-state index contributed by atoms with van der Waals surface area (Å²) in [5.74, 6) is 0.693. The molecule has 0 radical (unpaired) electrons. The number of aromatic nitrogens is 1. The molecular formula is C14H13Cl2N3. The van der Waals surface area contributed by atoms with Gasteiger partial charge in [-0.1, -0.05) is 42.3 Å². The zero-order chi connectivity index (χ0) is 13.7. The Balaban J connectivity index is 2.24. The highest BCUT2D eigenvalue weighted by Gasteiger charge is 2.07. The minimum absolute atomic E-state index is 0.593. The van der Waals surface area contributed by atoms with Crippen molar-refractivity contribution in [2.75, 3.05) is 5.43 Å². The highest BCUT2D eigenvalue weighted by atomic mass is 35.5. The summed E-state index contributed by atoms with van der Waals surface area (Å²) < 4.78 is 0. The first kappa shape index (κ1) is 13.8. The summed E-state index contributed by atoms with van der Waals surface area (Å²) in [6, 6.07) is 11.0. The van der Waals surface area contributed by atoms with Crippen LogP contribution in [0.25, 0.3) is 0 Å². The first-order chi connectivity index (χ1) is 9.20. The minimum Gasteiger partial charge on any atom is -0.261 e. The van der Waals surface area contributed by atoms with Crippen LogP contribution in [0.2, 0.25) is 10.0 Å². The molecule has 0 saturated carbocycles. The van der Waals surface area contributed by atoms with Gasteiger partial charge in [0, 0.05) is 16.8 Å². The van der Waals surface area contributed by atoms with Gasteiger partial charge in [-0.15, -0.1) is 0 Å². The standard InChI is InChI=1S/C14H13Cl2N3/c1-2-13(11-7-6-10(15)9-12(11)16)18-19-14-5-3-4-8-17-14/h3-9H,2H2,1H3,(H,17,19)/b18-13-. The Morgan fingerprint density at radius 1 is 1.26 bits per heavy atom. The van der Waals surface area contributed by atoms with Crippen molar-refractivity contribution in [3.8, 4) is 0 Å². The van der Waals surface area contributed by atoms with Gasteiger partial charge in [-0.3, -0.25) is 5.43 Å². The number of nitrogens with one attached hydrogen (secondary N) is 1. The van der Waals surface area contributed by atoms with Crippen LogP contribution in [-0.4, -0.2) is 10.7 Å². The zero-order valence-electron chi connectivity index (χ0n) is 10.4. The quantitative estimate of drug-likeness (QED) is 0.660. The Kier molecular flexibility index (Phi) is 4.77. The van der Waals surface area contributed by atoms with Crippen LogP contribution < -0.4 is 5.43 Å². The van der Waals surface area contributed by atoms with Crippen LogP contribution in [-0.2, 0) is 0 Å². The van der Waals surface area contributed by atoms with E-state index in [1.165, 1.54) is 0 Å².